The maximum Gasteiger partial charge on any atom is 0.194 e. The lowest BCUT2D eigenvalue weighted by Crippen LogP contribution is -2.05. The van der Waals surface area contributed by atoms with Gasteiger partial charge in [-0.2, -0.15) is 0 Å². The molecule has 2 N–H and O–H groups in total. The first kappa shape index (κ1) is 16.7. The third-order valence-electron chi connectivity index (χ3n) is 5.20. The van der Waals surface area contributed by atoms with Gasteiger partial charge in [-0.25, -0.2) is 13.2 Å². The molecule has 0 aliphatic carbocycles. The maximum atomic E-state index is 14.1. The van der Waals surface area contributed by atoms with E-state index in [-0.39, 0.29) is 0 Å². The summed E-state index contributed by atoms with van der Waals surface area (Å²) in [4.78, 5) is 6.43. The van der Waals surface area contributed by atoms with Crippen molar-refractivity contribution in [1.29, 1.82) is 0 Å². The number of aromatic nitrogens is 2. The summed E-state index contributed by atoms with van der Waals surface area (Å²) in [6, 6.07) is 17.6. The van der Waals surface area contributed by atoms with E-state index in [9.17, 15) is 13.2 Å². The zero-order valence-corrected chi connectivity index (χ0v) is 14.6. The van der Waals surface area contributed by atoms with Crippen molar-refractivity contribution >= 4 is 21.8 Å². The van der Waals surface area contributed by atoms with Crippen LogP contribution in [0.4, 0.5) is 13.2 Å². The minimum atomic E-state index is -1.46. The van der Waals surface area contributed by atoms with Crippen molar-refractivity contribution in [1.82, 2.24) is 9.97 Å². The molecule has 0 radical (unpaired) electrons. The second kappa shape index (κ2) is 6.30. The third-order valence-corrected chi connectivity index (χ3v) is 5.20. The zero-order valence-electron chi connectivity index (χ0n) is 14.6. The summed E-state index contributed by atoms with van der Waals surface area (Å²) in [5.74, 6) is -4.32. The van der Waals surface area contributed by atoms with Crippen LogP contribution in [0.25, 0.3) is 21.8 Å². The fraction of sp³-hybridized carbons (Fsp3) is 0.0435. The number of fused-ring (bicyclic) bond motifs is 2. The molecular weight excluding hydrogens is 361 g/mol. The van der Waals surface area contributed by atoms with Gasteiger partial charge in [-0.3, -0.25) is 0 Å². The van der Waals surface area contributed by atoms with E-state index in [1.54, 1.807) is 0 Å². The molecular formula is C23H15F3N2. The molecule has 0 atom stereocenters. The number of halogens is 3. The van der Waals surface area contributed by atoms with E-state index in [1.165, 1.54) is 0 Å². The van der Waals surface area contributed by atoms with Crippen LogP contribution in [0.3, 0.4) is 0 Å². The fourth-order valence-electron chi connectivity index (χ4n) is 3.93. The number of aromatic amines is 2. The van der Waals surface area contributed by atoms with Gasteiger partial charge in [0.05, 0.1) is 0 Å². The number of para-hydroxylation sites is 2. The molecule has 0 amide bonds. The summed E-state index contributed by atoms with van der Waals surface area (Å²) in [5, 5.41) is 1.89. The second-order valence-electron chi connectivity index (χ2n) is 6.81. The topological polar surface area (TPSA) is 31.6 Å². The van der Waals surface area contributed by atoms with E-state index in [0.29, 0.717) is 5.56 Å². The maximum absolute atomic E-state index is 14.1. The Morgan fingerprint density at radius 2 is 1.11 bits per heavy atom. The lowest BCUT2D eigenvalue weighted by Gasteiger charge is -2.18. The minimum absolute atomic E-state index is 0.353. The molecule has 0 aliphatic heterocycles. The summed E-state index contributed by atoms with van der Waals surface area (Å²) in [6.07, 6.45) is 3.69. The van der Waals surface area contributed by atoms with E-state index in [2.05, 4.69) is 9.97 Å². The van der Waals surface area contributed by atoms with Gasteiger partial charge in [0.15, 0.2) is 17.5 Å². The molecule has 2 nitrogen and oxygen atoms in total. The van der Waals surface area contributed by atoms with E-state index < -0.39 is 23.4 Å². The van der Waals surface area contributed by atoms with Crippen LogP contribution in [0.2, 0.25) is 0 Å². The molecule has 5 aromatic rings. The van der Waals surface area contributed by atoms with Crippen molar-refractivity contribution in [3.63, 3.8) is 0 Å². The van der Waals surface area contributed by atoms with Crippen LogP contribution in [0.5, 0.6) is 0 Å². The van der Waals surface area contributed by atoms with Crippen molar-refractivity contribution in [2.45, 2.75) is 5.92 Å². The average Bonchev–Trinajstić information content (AvgIpc) is 3.32. The number of H-pyrrole nitrogens is 2. The number of rotatable bonds is 3. The molecule has 2 heterocycles. The highest BCUT2D eigenvalue weighted by Gasteiger charge is 2.25. The summed E-state index contributed by atoms with van der Waals surface area (Å²) in [6.45, 7) is 0. The Kier molecular flexibility index (Phi) is 3.76. The molecule has 3 aromatic carbocycles. The quantitative estimate of drug-likeness (QED) is 0.349. The summed E-state index contributed by atoms with van der Waals surface area (Å²) in [5.41, 5.74) is 3.93. The van der Waals surface area contributed by atoms with Gasteiger partial charge >= 0.3 is 0 Å². The SMILES string of the molecule is Fc1cc(C(c2c[nH]c3ccccc23)c2c[nH]c3ccccc23)cc(F)c1F. The summed E-state index contributed by atoms with van der Waals surface area (Å²) >= 11 is 0. The normalized spacial score (nSPS) is 11.7. The van der Waals surface area contributed by atoms with Crippen LogP contribution in [0.15, 0.2) is 73.1 Å². The van der Waals surface area contributed by atoms with Crippen LogP contribution in [0.1, 0.15) is 22.6 Å². The molecule has 0 saturated heterocycles. The average molecular weight is 376 g/mol. The highest BCUT2D eigenvalue weighted by atomic mass is 19.2. The minimum Gasteiger partial charge on any atom is -0.361 e. The Morgan fingerprint density at radius 3 is 1.61 bits per heavy atom. The molecule has 0 bridgehead atoms. The first-order chi connectivity index (χ1) is 13.6. The Hall–Kier alpha value is -3.47. The second-order valence-corrected chi connectivity index (χ2v) is 6.81. The first-order valence-corrected chi connectivity index (χ1v) is 8.90. The zero-order chi connectivity index (χ0) is 19.3. The lowest BCUT2D eigenvalue weighted by molar-refractivity contribution is 0.445. The van der Waals surface area contributed by atoms with E-state index in [4.69, 9.17) is 0 Å². The number of hydrogen-bond donors (Lipinski definition) is 2. The van der Waals surface area contributed by atoms with Crippen LogP contribution in [-0.4, -0.2) is 9.97 Å². The highest BCUT2D eigenvalue weighted by Crippen LogP contribution is 2.40. The molecule has 0 aliphatic rings. The van der Waals surface area contributed by atoms with Crippen molar-refractivity contribution in [3.8, 4) is 0 Å². The Morgan fingerprint density at radius 1 is 0.643 bits per heavy atom. The first-order valence-electron chi connectivity index (χ1n) is 8.90. The van der Waals surface area contributed by atoms with Crippen molar-refractivity contribution < 1.29 is 13.2 Å². The van der Waals surface area contributed by atoms with Crippen molar-refractivity contribution in [2.75, 3.05) is 0 Å². The summed E-state index contributed by atoms with van der Waals surface area (Å²) < 4.78 is 41.8. The largest absolute Gasteiger partial charge is 0.361 e. The van der Waals surface area contributed by atoms with Crippen molar-refractivity contribution in [3.05, 3.63) is 107 Å². The van der Waals surface area contributed by atoms with Gasteiger partial charge in [0, 0.05) is 40.1 Å². The Balaban J connectivity index is 1.82. The van der Waals surface area contributed by atoms with E-state index in [0.717, 1.165) is 45.1 Å². The van der Waals surface area contributed by atoms with Crippen LogP contribution < -0.4 is 0 Å². The van der Waals surface area contributed by atoms with Gasteiger partial charge in [-0.1, -0.05) is 36.4 Å². The third kappa shape index (κ3) is 2.51. The van der Waals surface area contributed by atoms with Gasteiger partial charge in [-0.05, 0) is 41.0 Å². The van der Waals surface area contributed by atoms with Gasteiger partial charge in [-0.15, -0.1) is 0 Å². The molecule has 0 saturated carbocycles. The Bertz CT molecular complexity index is 1220. The monoisotopic (exact) mass is 376 g/mol. The van der Waals surface area contributed by atoms with Crippen LogP contribution in [-0.2, 0) is 0 Å². The number of nitrogens with one attached hydrogen (secondary N) is 2. The fourth-order valence-corrected chi connectivity index (χ4v) is 3.93. The lowest BCUT2D eigenvalue weighted by atomic mass is 9.84. The molecule has 28 heavy (non-hydrogen) atoms. The Labute approximate surface area is 158 Å². The van der Waals surface area contributed by atoms with Gasteiger partial charge in [0.25, 0.3) is 0 Å². The molecule has 2 aromatic heterocycles. The predicted octanol–water partition coefficient (Wildman–Crippen LogP) is 6.25. The van der Waals surface area contributed by atoms with E-state index in [1.807, 2.05) is 60.9 Å². The van der Waals surface area contributed by atoms with Gasteiger partial charge in [0.2, 0.25) is 0 Å². The molecule has 0 fully saturated rings. The van der Waals surface area contributed by atoms with Gasteiger partial charge in [0.1, 0.15) is 0 Å². The van der Waals surface area contributed by atoms with Crippen LogP contribution in [0, 0.1) is 17.5 Å². The smallest absolute Gasteiger partial charge is 0.194 e. The molecule has 5 rings (SSSR count). The standard InChI is InChI=1S/C23H15F3N2/c24-18-9-13(10-19(25)23(18)26)22(16-11-27-20-7-3-1-5-14(16)20)17-12-28-21-8-4-2-6-15(17)21/h1-12,22,27-28H. The molecule has 138 valence electrons. The molecule has 5 heteroatoms. The predicted molar refractivity (Wildman–Crippen MR) is 104 cm³/mol. The van der Waals surface area contributed by atoms with Gasteiger partial charge < -0.3 is 9.97 Å². The van der Waals surface area contributed by atoms with E-state index >= 15 is 0 Å². The highest BCUT2D eigenvalue weighted by molar-refractivity contribution is 5.89. The number of benzene rings is 3. The number of hydrogen-bond acceptors (Lipinski definition) is 0. The molecule has 0 spiro atoms. The molecule has 0 unspecified atom stereocenters. The van der Waals surface area contributed by atoms with Crippen LogP contribution >= 0.6 is 0 Å². The summed E-state index contributed by atoms with van der Waals surface area (Å²) in [7, 11) is 0. The van der Waals surface area contributed by atoms with Crippen molar-refractivity contribution in [2.24, 2.45) is 0 Å².